The summed E-state index contributed by atoms with van der Waals surface area (Å²) in [7, 11) is -6.17. The zero-order valence-electron chi connectivity index (χ0n) is 64.5. The van der Waals surface area contributed by atoms with Crippen LogP contribution in [0, 0.1) is 6.33 Å². The second-order valence-electron chi connectivity index (χ2n) is 29.6. The van der Waals surface area contributed by atoms with Gasteiger partial charge in [-0.05, 0) is 156 Å². The zero-order chi connectivity index (χ0) is 75.4. The first kappa shape index (κ1) is 59.3. The fourth-order valence-corrected chi connectivity index (χ4v) is 26.0. The van der Waals surface area contributed by atoms with Crippen LogP contribution >= 0.6 is 0 Å². The molecule has 0 N–H and O–H groups in total. The summed E-state index contributed by atoms with van der Waals surface area (Å²) in [5.41, 5.74) is 12.6. The van der Waals surface area contributed by atoms with Crippen LogP contribution in [-0.4, -0.2) is 30.3 Å². The van der Waals surface area contributed by atoms with Crippen LogP contribution in [0.25, 0.3) is 94.5 Å². The summed E-state index contributed by atoms with van der Waals surface area (Å²) in [5.74, 6) is 2.03. The number of nitrogens with zero attached hydrogens (tertiary/aromatic N) is 4. The van der Waals surface area contributed by atoms with Crippen LogP contribution in [-0.2, 0) is 10.8 Å². The van der Waals surface area contributed by atoms with Gasteiger partial charge in [0.1, 0.15) is 17.3 Å². The molecule has 4 heterocycles. The van der Waals surface area contributed by atoms with E-state index in [2.05, 4.69) is 377 Å². The van der Waals surface area contributed by atoms with Crippen molar-refractivity contribution in [1.29, 1.82) is 0 Å². The van der Waals surface area contributed by atoms with Gasteiger partial charge in [-0.2, -0.15) is 0 Å². The number of para-hydroxylation sites is 1. The van der Waals surface area contributed by atoms with E-state index < -0.39 is 39.7 Å². The standard InChI is InChI=1S/C98H78N4OSi2/c1-97(2,3)69-58-59-99-94(62-69)102-91-57-54-81(105(77-42-22-11-23-43-77,78-44-24-12-25-45-78)79-46-26-13-27-47-79)66-89(91)85-55-52-73(64-93(85)102)103-72-35-30-34-71(63-72)100-67-101-95-87(68-32-14-7-15-33-68)60-70(98(4,5)6)61-90(95)88-65-80(53-56-84(88)82-48-28-29-49-83(82)86-50-31-51-92(100)96(86)101)104(74-36-16-8-17-37-74,75-38-18-9-19-39-75)76-40-20-10-21-41-76/h7-66H,1-6H3/i7D,14D,15D,32D,33D. The van der Waals surface area contributed by atoms with Gasteiger partial charge in [-0.1, -0.05) is 345 Å². The summed E-state index contributed by atoms with van der Waals surface area (Å²) < 4.78 is 61.2. The fourth-order valence-electron chi connectivity index (χ4n) is 16.5. The van der Waals surface area contributed by atoms with Crippen molar-refractivity contribution in [3.8, 4) is 73.2 Å². The van der Waals surface area contributed by atoms with Crippen LogP contribution in [0.2, 0.25) is 0 Å². The molecule has 7 heteroatoms. The Morgan fingerprint density at radius 3 is 1.43 bits per heavy atom. The maximum atomic E-state index is 9.93. The first-order chi connectivity index (χ1) is 53.4. The quantitative estimate of drug-likeness (QED) is 0.0499. The number of benzene rings is 14. The maximum Gasteiger partial charge on any atom is 0.269 e. The molecule has 1 aliphatic heterocycles. The van der Waals surface area contributed by atoms with E-state index in [1.807, 2.05) is 18.3 Å². The third-order valence-electron chi connectivity index (χ3n) is 21.5. The Hall–Kier alpha value is -12.3. The highest BCUT2D eigenvalue weighted by Crippen LogP contribution is 2.47. The Bertz CT molecular complexity index is 6230. The largest absolute Gasteiger partial charge is 0.458 e. The molecule has 105 heavy (non-hydrogen) atoms. The minimum Gasteiger partial charge on any atom is -0.458 e. The SMILES string of the molecule is [2H]c1c([2H])c([2H])c(-c2cc(C(C)(C)C)cc3c2-[n+]2[c-]n(-c4cccc(Oc5ccc6c7cc([Si](c8ccccc8)(c8ccccc8)c8ccccc8)ccc7n(-c7cc(C(C)(C)C)ccn7)c6c5)c4)c4cccc(c42)-c2ccccc2-c2ccc([Si](c4ccccc4)(c4ccccc4)c4ccccc4)cc2-3)c([2H])c1[2H]. The molecule has 17 aromatic rings. The van der Waals surface area contributed by atoms with Crippen molar-refractivity contribution >= 4 is 90.5 Å². The number of pyridine rings is 1. The molecule has 5 nitrogen and oxygen atoms in total. The molecule has 0 spiro atoms. The van der Waals surface area contributed by atoms with Crippen molar-refractivity contribution in [2.45, 2.75) is 52.4 Å². The Labute approximate surface area is 624 Å². The molecular weight excluding hydrogens is 1310 g/mol. The molecule has 504 valence electrons. The van der Waals surface area contributed by atoms with Gasteiger partial charge in [0.2, 0.25) is 0 Å². The van der Waals surface area contributed by atoms with Gasteiger partial charge in [0.15, 0.2) is 16.1 Å². The molecule has 3 aromatic heterocycles. The Morgan fingerprint density at radius 2 is 0.857 bits per heavy atom. The number of imidazole rings is 1. The van der Waals surface area contributed by atoms with E-state index in [9.17, 15) is 5.48 Å². The molecule has 18 rings (SSSR count). The summed E-state index contributed by atoms with van der Waals surface area (Å²) in [6.07, 6.45) is 5.90. The number of rotatable bonds is 13. The van der Waals surface area contributed by atoms with Crippen molar-refractivity contribution in [3.63, 3.8) is 0 Å². The number of hydrogen-bond acceptors (Lipinski definition) is 2. The van der Waals surface area contributed by atoms with Crippen LogP contribution in [0.3, 0.4) is 0 Å². The normalized spacial score (nSPS) is 13.0. The first-order valence-electron chi connectivity index (χ1n) is 38.6. The van der Waals surface area contributed by atoms with Crippen LogP contribution in [0.5, 0.6) is 11.5 Å². The number of ether oxygens (including phenoxy) is 1. The molecule has 0 radical (unpaired) electrons. The first-order valence-corrected chi connectivity index (χ1v) is 40.1. The van der Waals surface area contributed by atoms with Gasteiger partial charge >= 0.3 is 0 Å². The van der Waals surface area contributed by atoms with E-state index in [0.29, 0.717) is 22.7 Å². The number of hydrogen-bond donors (Lipinski definition) is 0. The zero-order valence-corrected chi connectivity index (χ0v) is 61.5. The van der Waals surface area contributed by atoms with E-state index in [1.54, 1.807) is 0 Å². The third-order valence-corrected chi connectivity index (χ3v) is 31.0. The topological polar surface area (TPSA) is 35.9 Å². The monoisotopic (exact) mass is 1390 g/mol. The highest BCUT2D eigenvalue weighted by atomic mass is 28.3. The molecule has 1 aliphatic rings. The Kier molecular flexibility index (Phi) is 14.6. The van der Waals surface area contributed by atoms with Crippen molar-refractivity contribution in [1.82, 2.24) is 14.1 Å². The van der Waals surface area contributed by atoms with Gasteiger partial charge < -0.3 is 4.74 Å². The van der Waals surface area contributed by atoms with Gasteiger partial charge in [0.05, 0.1) is 40.3 Å². The molecule has 0 unspecified atom stereocenters. The predicted octanol–water partition coefficient (Wildman–Crippen LogP) is 18.3. The van der Waals surface area contributed by atoms with Crippen LogP contribution in [0.4, 0.5) is 0 Å². The van der Waals surface area contributed by atoms with Crippen LogP contribution in [0.15, 0.2) is 364 Å². The van der Waals surface area contributed by atoms with Crippen LogP contribution in [0.1, 0.15) is 59.5 Å². The molecule has 0 saturated heterocycles. The summed E-state index contributed by atoms with van der Waals surface area (Å²) in [4.78, 5) is 5.15. The van der Waals surface area contributed by atoms with E-state index in [0.717, 1.165) is 88.5 Å². The third kappa shape index (κ3) is 10.9. The fraction of sp³-hybridized carbons (Fsp3) is 0.0816. The lowest BCUT2D eigenvalue weighted by Gasteiger charge is -2.35. The molecule has 0 saturated carbocycles. The van der Waals surface area contributed by atoms with E-state index in [4.69, 9.17) is 11.1 Å². The lowest BCUT2D eigenvalue weighted by molar-refractivity contribution is -0.570. The van der Waals surface area contributed by atoms with Crippen molar-refractivity contribution in [2.75, 3.05) is 0 Å². The molecule has 0 amide bonds. The number of aromatic nitrogens is 4. The molecular formula is C98H78N4OSi2. The predicted molar refractivity (Wildman–Crippen MR) is 442 cm³/mol. The average Bonchev–Trinajstić information content (AvgIpc) is 1.43. The summed E-state index contributed by atoms with van der Waals surface area (Å²) in [5, 5.41) is 12.1. The number of fused-ring (bicyclic) bond motifs is 10. The van der Waals surface area contributed by atoms with Gasteiger partial charge in [-0.25, -0.2) is 4.98 Å². The molecule has 0 bridgehead atoms. The Morgan fingerprint density at radius 1 is 0.362 bits per heavy atom. The lowest BCUT2D eigenvalue weighted by Crippen LogP contribution is -2.74. The highest BCUT2D eigenvalue weighted by Gasteiger charge is 2.44. The summed E-state index contributed by atoms with van der Waals surface area (Å²) >= 11 is 0. The molecule has 0 atom stereocenters. The lowest BCUT2D eigenvalue weighted by atomic mass is 9.81. The van der Waals surface area contributed by atoms with Gasteiger partial charge in [0, 0.05) is 23.0 Å². The van der Waals surface area contributed by atoms with Gasteiger partial charge in [-0.3, -0.25) is 13.7 Å². The van der Waals surface area contributed by atoms with E-state index in [-0.39, 0.29) is 23.1 Å². The highest BCUT2D eigenvalue weighted by molar-refractivity contribution is 7.20. The maximum absolute atomic E-state index is 9.93. The van der Waals surface area contributed by atoms with Gasteiger partial charge in [0.25, 0.3) is 6.33 Å². The van der Waals surface area contributed by atoms with Crippen molar-refractivity contribution in [3.05, 3.63) is 381 Å². The van der Waals surface area contributed by atoms with E-state index in [1.165, 1.54) is 41.9 Å². The average molecular weight is 1390 g/mol. The molecule has 0 aliphatic carbocycles. The van der Waals surface area contributed by atoms with Crippen molar-refractivity contribution < 1.29 is 16.2 Å². The summed E-state index contributed by atoms with van der Waals surface area (Å²) in [6, 6.07) is 116. The second-order valence-corrected chi connectivity index (χ2v) is 37.2. The molecule has 0 fully saturated rings. The minimum absolute atomic E-state index is 0.0970. The van der Waals surface area contributed by atoms with Crippen LogP contribution < -0.4 is 50.8 Å². The second kappa shape index (κ2) is 25.9. The minimum atomic E-state index is -3.22. The summed E-state index contributed by atoms with van der Waals surface area (Å²) in [6.45, 7) is 13.2. The van der Waals surface area contributed by atoms with Gasteiger partial charge in [-0.15, -0.1) is 0 Å². The van der Waals surface area contributed by atoms with E-state index >= 15 is 0 Å². The molecule has 14 aromatic carbocycles. The smallest absolute Gasteiger partial charge is 0.269 e. The Balaban J connectivity index is 0.862. The van der Waals surface area contributed by atoms with Crippen molar-refractivity contribution in [2.24, 2.45) is 0 Å².